The van der Waals surface area contributed by atoms with Crippen LogP contribution in [0.25, 0.3) is 0 Å². The summed E-state index contributed by atoms with van der Waals surface area (Å²) in [5, 5.41) is 13.4. The van der Waals surface area contributed by atoms with Gasteiger partial charge in [-0.2, -0.15) is 0 Å². The van der Waals surface area contributed by atoms with E-state index < -0.39 is 11.9 Å². The highest BCUT2D eigenvalue weighted by Gasteiger charge is 2.22. The minimum atomic E-state index is -0.874. The van der Waals surface area contributed by atoms with Gasteiger partial charge < -0.3 is 10.4 Å². The van der Waals surface area contributed by atoms with Crippen molar-refractivity contribution in [3.8, 4) is 0 Å². The third-order valence-corrected chi connectivity index (χ3v) is 3.22. The number of carboxylic acid groups (broad SMARTS) is 1. The van der Waals surface area contributed by atoms with Gasteiger partial charge in [0, 0.05) is 6.54 Å². The fourth-order valence-corrected chi connectivity index (χ4v) is 1.95. The molecule has 1 amide bonds. The molecule has 5 heteroatoms. The number of rotatable bonds is 5. The highest BCUT2D eigenvalue weighted by atomic mass is 32.1. The standard InChI is InChI=1S/C11H15NO3S/c1-7(2)8(11(14)15)6-12-10(13)9-4-3-5-16-9/h3-5,7-8H,6H2,1-2H3,(H,12,13)(H,14,15). The summed E-state index contributed by atoms with van der Waals surface area (Å²) < 4.78 is 0. The molecule has 1 aromatic heterocycles. The van der Waals surface area contributed by atoms with Crippen LogP contribution >= 0.6 is 11.3 Å². The summed E-state index contributed by atoms with van der Waals surface area (Å²) >= 11 is 1.34. The quantitative estimate of drug-likeness (QED) is 0.826. The van der Waals surface area contributed by atoms with Crippen LogP contribution in [0, 0.1) is 11.8 Å². The molecule has 1 aromatic rings. The summed E-state index contributed by atoms with van der Waals surface area (Å²) in [4.78, 5) is 23.1. The highest BCUT2D eigenvalue weighted by molar-refractivity contribution is 7.12. The maximum absolute atomic E-state index is 11.6. The van der Waals surface area contributed by atoms with Crippen molar-refractivity contribution < 1.29 is 14.7 Å². The van der Waals surface area contributed by atoms with E-state index in [9.17, 15) is 9.59 Å². The van der Waals surface area contributed by atoms with Gasteiger partial charge in [0.2, 0.25) is 0 Å². The zero-order valence-corrected chi connectivity index (χ0v) is 10.1. The Balaban J connectivity index is 2.50. The molecule has 0 saturated carbocycles. The molecule has 0 aliphatic rings. The second-order valence-corrected chi connectivity index (χ2v) is 4.82. The van der Waals surface area contributed by atoms with Gasteiger partial charge in [-0.3, -0.25) is 9.59 Å². The molecule has 1 unspecified atom stereocenters. The van der Waals surface area contributed by atoms with E-state index in [0.29, 0.717) is 4.88 Å². The summed E-state index contributed by atoms with van der Waals surface area (Å²) in [7, 11) is 0. The smallest absolute Gasteiger partial charge is 0.308 e. The molecular weight excluding hydrogens is 226 g/mol. The van der Waals surface area contributed by atoms with Gasteiger partial charge in [-0.05, 0) is 17.4 Å². The molecule has 2 N–H and O–H groups in total. The number of carbonyl (C=O) groups is 2. The molecule has 1 heterocycles. The van der Waals surface area contributed by atoms with E-state index in [1.807, 2.05) is 19.2 Å². The van der Waals surface area contributed by atoms with Crippen LogP contribution in [-0.2, 0) is 4.79 Å². The third kappa shape index (κ3) is 3.34. The number of hydrogen-bond donors (Lipinski definition) is 2. The van der Waals surface area contributed by atoms with Crippen molar-refractivity contribution in [2.45, 2.75) is 13.8 Å². The molecule has 0 aliphatic heterocycles. The number of carboxylic acids is 1. The average Bonchev–Trinajstić information content (AvgIpc) is 2.69. The zero-order chi connectivity index (χ0) is 12.1. The SMILES string of the molecule is CC(C)C(CNC(=O)c1cccs1)C(=O)O. The normalized spacial score (nSPS) is 12.4. The van der Waals surface area contributed by atoms with Gasteiger partial charge >= 0.3 is 5.97 Å². The van der Waals surface area contributed by atoms with Gasteiger partial charge in [0.15, 0.2) is 0 Å². The van der Waals surface area contributed by atoms with E-state index in [4.69, 9.17) is 5.11 Å². The second kappa shape index (κ2) is 5.65. The highest BCUT2D eigenvalue weighted by Crippen LogP contribution is 2.11. The number of nitrogens with one attached hydrogen (secondary N) is 1. The topological polar surface area (TPSA) is 66.4 Å². The van der Waals surface area contributed by atoms with E-state index in [1.54, 1.807) is 12.1 Å². The summed E-state index contributed by atoms with van der Waals surface area (Å²) in [6, 6.07) is 3.50. The monoisotopic (exact) mass is 241 g/mol. The van der Waals surface area contributed by atoms with Crippen LogP contribution in [0.1, 0.15) is 23.5 Å². The Morgan fingerprint density at radius 2 is 2.19 bits per heavy atom. The predicted octanol–water partition coefficient (Wildman–Crippen LogP) is 1.83. The van der Waals surface area contributed by atoms with Crippen molar-refractivity contribution in [3.63, 3.8) is 0 Å². The summed E-state index contributed by atoms with van der Waals surface area (Å²) in [6.07, 6.45) is 0. The molecule has 16 heavy (non-hydrogen) atoms. The fraction of sp³-hybridized carbons (Fsp3) is 0.455. The Labute approximate surface area is 98.3 Å². The van der Waals surface area contributed by atoms with Crippen LogP contribution in [0.5, 0.6) is 0 Å². The summed E-state index contributed by atoms with van der Waals surface area (Å²) in [5.74, 6) is -1.62. The third-order valence-electron chi connectivity index (χ3n) is 2.35. The lowest BCUT2D eigenvalue weighted by Gasteiger charge is -2.16. The molecule has 0 bridgehead atoms. The van der Waals surface area contributed by atoms with Crippen LogP contribution in [-0.4, -0.2) is 23.5 Å². The zero-order valence-electron chi connectivity index (χ0n) is 9.27. The fourth-order valence-electron chi connectivity index (χ4n) is 1.31. The van der Waals surface area contributed by atoms with Crippen LogP contribution < -0.4 is 5.32 Å². The van der Waals surface area contributed by atoms with Crippen LogP contribution in [0.3, 0.4) is 0 Å². The lowest BCUT2D eigenvalue weighted by Crippen LogP contribution is -2.35. The molecule has 0 radical (unpaired) electrons. The number of aliphatic carboxylic acids is 1. The lowest BCUT2D eigenvalue weighted by molar-refractivity contribution is -0.142. The first-order chi connectivity index (χ1) is 7.52. The van der Waals surface area contributed by atoms with Crippen LogP contribution in [0.2, 0.25) is 0 Å². The van der Waals surface area contributed by atoms with E-state index in [0.717, 1.165) is 0 Å². The Kier molecular flexibility index (Phi) is 4.49. The van der Waals surface area contributed by atoms with E-state index in [2.05, 4.69) is 5.32 Å². The van der Waals surface area contributed by atoms with Crippen molar-refractivity contribution in [2.24, 2.45) is 11.8 Å². The van der Waals surface area contributed by atoms with Crippen molar-refractivity contribution >= 4 is 23.2 Å². The van der Waals surface area contributed by atoms with E-state index >= 15 is 0 Å². The Hall–Kier alpha value is -1.36. The lowest BCUT2D eigenvalue weighted by atomic mass is 9.96. The maximum Gasteiger partial charge on any atom is 0.308 e. The largest absolute Gasteiger partial charge is 0.481 e. The first kappa shape index (κ1) is 12.7. The molecule has 0 fully saturated rings. The van der Waals surface area contributed by atoms with Crippen molar-refractivity contribution in [2.75, 3.05) is 6.54 Å². The number of carbonyl (C=O) groups excluding carboxylic acids is 1. The van der Waals surface area contributed by atoms with Gasteiger partial charge in [-0.25, -0.2) is 0 Å². The molecule has 4 nitrogen and oxygen atoms in total. The molecule has 1 atom stereocenters. The summed E-state index contributed by atoms with van der Waals surface area (Å²) in [6.45, 7) is 3.83. The summed E-state index contributed by atoms with van der Waals surface area (Å²) in [5.41, 5.74) is 0. The van der Waals surface area contributed by atoms with Crippen LogP contribution in [0.4, 0.5) is 0 Å². The van der Waals surface area contributed by atoms with Crippen LogP contribution in [0.15, 0.2) is 17.5 Å². The molecule has 88 valence electrons. The maximum atomic E-state index is 11.6. The van der Waals surface area contributed by atoms with Gasteiger partial charge in [-0.1, -0.05) is 19.9 Å². The van der Waals surface area contributed by atoms with Crippen molar-refractivity contribution in [3.05, 3.63) is 22.4 Å². The van der Waals surface area contributed by atoms with Gasteiger partial charge in [0.05, 0.1) is 10.8 Å². The Morgan fingerprint density at radius 1 is 1.50 bits per heavy atom. The average molecular weight is 241 g/mol. The van der Waals surface area contributed by atoms with E-state index in [-0.39, 0.29) is 18.4 Å². The molecule has 1 rings (SSSR count). The van der Waals surface area contributed by atoms with Crippen molar-refractivity contribution in [1.29, 1.82) is 0 Å². The molecular formula is C11H15NO3S. The molecule has 0 saturated heterocycles. The minimum absolute atomic E-state index is 0.00105. The first-order valence-corrected chi connectivity index (χ1v) is 5.95. The molecule has 0 spiro atoms. The predicted molar refractivity (Wildman–Crippen MR) is 62.6 cm³/mol. The van der Waals surface area contributed by atoms with Gasteiger partial charge in [0.25, 0.3) is 5.91 Å². The molecule has 0 aromatic carbocycles. The number of thiophene rings is 1. The molecule has 0 aliphatic carbocycles. The number of amides is 1. The van der Waals surface area contributed by atoms with Gasteiger partial charge in [-0.15, -0.1) is 11.3 Å². The minimum Gasteiger partial charge on any atom is -0.481 e. The first-order valence-electron chi connectivity index (χ1n) is 5.07. The van der Waals surface area contributed by atoms with Crippen molar-refractivity contribution in [1.82, 2.24) is 5.32 Å². The van der Waals surface area contributed by atoms with Gasteiger partial charge in [0.1, 0.15) is 0 Å². The van der Waals surface area contributed by atoms with E-state index in [1.165, 1.54) is 11.3 Å². The Bertz CT molecular complexity index is 359. The number of hydrogen-bond acceptors (Lipinski definition) is 3. The Morgan fingerprint density at radius 3 is 2.62 bits per heavy atom. The second-order valence-electron chi connectivity index (χ2n) is 3.88.